The quantitative estimate of drug-likeness (QED) is 0.625. The summed E-state index contributed by atoms with van der Waals surface area (Å²) in [6.45, 7) is 10.7. The third-order valence-corrected chi connectivity index (χ3v) is 5.85. The number of hydrogen-bond acceptors (Lipinski definition) is 9. The predicted octanol–water partition coefficient (Wildman–Crippen LogP) is 2.00. The van der Waals surface area contributed by atoms with E-state index in [1.807, 2.05) is 6.92 Å². The van der Waals surface area contributed by atoms with Gasteiger partial charge in [0.25, 0.3) is 0 Å². The molecule has 32 heavy (non-hydrogen) atoms. The number of aromatic nitrogens is 4. The van der Waals surface area contributed by atoms with E-state index in [-0.39, 0.29) is 24.4 Å². The molecule has 11 nitrogen and oxygen atoms in total. The molecule has 2 aromatic heterocycles. The summed E-state index contributed by atoms with van der Waals surface area (Å²) in [6, 6.07) is -0.319. The lowest BCUT2D eigenvalue weighted by Crippen LogP contribution is -2.42. The molecule has 3 unspecified atom stereocenters. The molecule has 1 aliphatic heterocycles. The van der Waals surface area contributed by atoms with Crippen LogP contribution in [0.2, 0.25) is 0 Å². The Labute approximate surface area is 186 Å². The average molecular weight is 450 g/mol. The molecule has 11 heteroatoms. The maximum absolute atomic E-state index is 12.2. The fraction of sp³-hybridized carbons (Fsp3) is 0.714. The number of aliphatic hydroxyl groups excluding tert-OH is 1. The predicted molar refractivity (Wildman–Crippen MR) is 114 cm³/mol. The highest BCUT2D eigenvalue weighted by Gasteiger charge is 2.65. The molecule has 0 radical (unpaired) electrons. The van der Waals surface area contributed by atoms with Gasteiger partial charge in [-0.1, -0.05) is 0 Å². The van der Waals surface area contributed by atoms with Crippen LogP contribution in [0, 0.1) is 5.92 Å². The number of amides is 1. The first-order chi connectivity index (χ1) is 14.8. The summed E-state index contributed by atoms with van der Waals surface area (Å²) in [4.78, 5) is 25.1. The largest absolute Gasteiger partial charge is 0.444 e. The van der Waals surface area contributed by atoms with Crippen LogP contribution in [-0.4, -0.2) is 71.6 Å². The molecule has 1 aliphatic carbocycles. The molecule has 2 aromatic rings. The number of carbonyl (C=O) groups is 1. The van der Waals surface area contributed by atoms with Crippen molar-refractivity contribution >= 4 is 23.1 Å². The van der Waals surface area contributed by atoms with Gasteiger partial charge in [0.2, 0.25) is 0 Å². The van der Waals surface area contributed by atoms with Gasteiger partial charge in [0.05, 0.1) is 18.0 Å². The Kier molecular flexibility index (Phi) is 5.44. The molecular weight excluding hydrogens is 418 g/mol. The number of nitrogens with zero attached hydrogens (tertiary/aromatic N) is 4. The van der Waals surface area contributed by atoms with Crippen molar-refractivity contribution in [3.05, 3.63) is 12.7 Å². The van der Waals surface area contributed by atoms with Gasteiger partial charge in [-0.2, -0.15) is 0 Å². The second-order valence-corrected chi connectivity index (χ2v) is 10.0. The molecule has 5 atom stereocenters. The van der Waals surface area contributed by atoms with E-state index >= 15 is 0 Å². The van der Waals surface area contributed by atoms with Gasteiger partial charge in [0, 0.05) is 12.5 Å². The van der Waals surface area contributed by atoms with Crippen molar-refractivity contribution in [3.63, 3.8) is 0 Å². The zero-order valence-corrected chi connectivity index (χ0v) is 19.2. The minimum Gasteiger partial charge on any atom is -0.444 e. The summed E-state index contributed by atoms with van der Waals surface area (Å²) in [5.41, 5.74) is -0.900. The van der Waals surface area contributed by atoms with Gasteiger partial charge in [-0.05, 0) is 48.0 Å². The molecular formula is C21H31N5O6. The molecule has 0 bridgehead atoms. The van der Waals surface area contributed by atoms with Crippen LogP contribution < -0.4 is 5.32 Å². The number of rotatable bonds is 5. The highest BCUT2D eigenvalue weighted by Crippen LogP contribution is 2.53. The summed E-state index contributed by atoms with van der Waals surface area (Å²) in [7, 11) is 0. The summed E-state index contributed by atoms with van der Waals surface area (Å²) in [5.74, 6) is -0.903. The van der Waals surface area contributed by atoms with Crippen LogP contribution in [-0.2, 0) is 14.2 Å². The lowest BCUT2D eigenvalue weighted by molar-refractivity contribution is -0.160. The Bertz CT molecular complexity index is 1020. The van der Waals surface area contributed by atoms with Crippen LogP contribution in [0.1, 0.15) is 54.0 Å². The molecule has 4 rings (SSSR count). The van der Waals surface area contributed by atoms with Gasteiger partial charge in [-0.15, -0.1) is 0 Å². The lowest BCUT2D eigenvalue weighted by Gasteiger charge is -2.28. The molecule has 0 spiro atoms. The zero-order valence-electron chi connectivity index (χ0n) is 19.2. The highest BCUT2D eigenvalue weighted by atomic mass is 16.8. The molecule has 176 valence electrons. The number of ether oxygens (including phenoxy) is 3. The number of fused-ring (bicyclic) bond motifs is 1. The SMILES string of the molecule is CC(C1OC(C)(C)OC1[C@]1(O)C[C@H]1CO)n1cnc2c(NC(=O)OC(C)(C)C)ncnc21. The first kappa shape index (κ1) is 22.8. The van der Waals surface area contributed by atoms with E-state index in [2.05, 4.69) is 20.3 Å². The van der Waals surface area contributed by atoms with Crippen molar-refractivity contribution in [3.8, 4) is 0 Å². The standard InChI is InChI=1S/C21H31N5O6/c1-11(14-15(31-20(5,6)30-14)21(29)7-12(21)8-27)26-10-24-13-16(22-9-23-17(13)26)25-18(28)32-19(2,3)4/h9-12,14-15,27,29H,7-8H2,1-6H3,(H,22,23,25,28)/t11?,12-,14?,15?,21-/m0/s1. The van der Waals surface area contributed by atoms with E-state index in [1.165, 1.54) is 6.33 Å². The number of imidazole rings is 1. The van der Waals surface area contributed by atoms with Crippen LogP contribution >= 0.6 is 0 Å². The maximum atomic E-state index is 12.2. The van der Waals surface area contributed by atoms with E-state index in [1.54, 1.807) is 45.5 Å². The van der Waals surface area contributed by atoms with Crippen molar-refractivity contribution in [2.45, 2.75) is 83.2 Å². The molecule has 1 amide bonds. The smallest absolute Gasteiger partial charge is 0.413 e. The third-order valence-electron chi connectivity index (χ3n) is 5.85. The highest BCUT2D eigenvalue weighted by molar-refractivity contribution is 5.93. The van der Waals surface area contributed by atoms with E-state index in [4.69, 9.17) is 14.2 Å². The Balaban J connectivity index is 1.61. The topological polar surface area (TPSA) is 141 Å². The normalized spacial score (nSPS) is 30.3. The molecule has 1 saturated carbocycles. The van der Waals surface area contributed by atoms with Crippen LogP contribution in [0.4, 0.5) is 10.6 Å². The molecule has 3 N–H and O–H groups in total. The Morgan fingerprint density at radius 2 is 2.06 bits per heavy atom. The van der Waals surface area contributed by atoms with Gasteiger partial charge >= 0.3 is 6.09 Å². The summed E-state index contributed by atoms with van der Waals surface area (Å²) >= 11 is 0. The second kappa shape index (κ2) is 7.62. The van der Waals surface area contributed by atoms with E-state index in [0.29, 0.717) is 17.6 Å². The monoisotopic (exact) mass is 449 g/mol. The molecule has 2 aliphatic rings. The number of hydrogen-bond donors (Lipinski definition) is 3. The molecule has 0 aromatic carbocycles. The number of nitrogens with one attached hydrogen (secondary N) is 1. The van der Waals surface area contributed by atoms with Gasteiger partial charge in [-0.3, -0.25) is 5.32 Å². The fourth-order valence-corrected chi connectivity index (χ4v) is 4.23. The van der Waals surface area contributed by atoms with E-state index < -0.39 is 35.3 Å². The van der Waals surface area contributed by atoms with Crippen LogP contribution in [0.3, 0.4) is 0 Å². The van der Waals surface area contributed by atoms with Crippen LogP contribution in [0.5, 0.6) is 0 Å². The minimum atomic E-state index is -1.14. The minimum absolute atomic E-state index is 0.112. The van der Waals surface area contributed by atoms with Gasteiger partial charge < -0.3 is 29.0 Å². The summed E-state index contributed by atoms with van der Waals surface area (Å²) < 4.78 is 19.3. The van der Waals surface area contributed by atoms with Crippen molar-refractivity contribution in [1.82, 2.24) is 19.5 Å². The van der Waals surface area contributed by atoms with Gasteiger partial charge in [0.15, 0.2) is 22.8 Å². The fourth-order valence-electron chi connectivity index (χ4n) is 4.23. The van der Waals surface area contributed by atoms with Crippen LogP contribution in [0.15, 0.2) is 12.7 Å². The first-order valence-corrected chi connectivity index (χ1v) is 10.7. The number of anilines is 1. The Morgan fingerprint density at radius 3 is 2.69 bits per heavy atom. The van der Waals surface area contributed by atoms with E-state index in [0.717, 1.165) is 0 Å². The average Bonchev–Trinajstić information content (AvgIpc) is 3.01. The summed E-state index contributed by atoms with van der Waals surface area (Å²) in [5, 5.41) is 23.2. The second-order valence-electron chi connectivity index (χ2n) is 10.0. The molecule has 1 saturated heterocycles. The Hall–Kier alpha value is -2.34. The van der Waals surface area contributed by atoms with Gasteiger partial charge in [0.1, 0.15) is 24.1 Å². The first-order valence-electron chi connectivity index (χ1n) is 10.7. The van der Waals surface area contributed by atoms with Crippen LogP contribution in [0.25, 0.3) is 11.2 Å². The van der Waals surface area contributed by atoms with Crippen molar-refractivity contribution < 1.29 is 29.2 Å². The maximum Gasteiger partial charge on any atom is 0.413 e. The number of carbonyl (C=O) groups excluding carboxylic acids is 1. The van der Waals surface area contributed by atoms with Gasteiger partial charge in [-0.25, -0.2) is 19.7 Å². The lowest BCUT2D eigenvalue weighted by atomic mass is 9.99. The van der Waals surface area contributed by atoms with Crippen molar-refractivity contribution in [2.24, 2.45) is 5.92 Å². The van der Waals surface area contributed by atoms with Crippen molar-refractivity contribution in [1.29, 1.82) is 0 Å². The molecule has 2 fully saturated rings. The molecule has 3 heterocycles. The zero-order chi connectivity index (χ0) is 23.5. The summed E-state index contributed by atoms with van der Waals surface area (Å²) in [6.07, 6.45) is 1.61. The third kappa shape index (κ3) is 4.17. The Morgan fingerprint density at radius 1 is 1.34 bits per heavy atom. The number of aliphatic hydroxyl groups is 2. The van der Waals surface area contributed by atoms with Crippen molar-refractivity contribution in [2.75, 3.05) is 11.9 Å². The van der Waals surface area contributed by atoms with E-state index in [9.17, 15) is 15.0 Å².